The molecule has 0 saturated carbocycles. The highest BCUT2D eigenvalue weighted by atomic mass is 32.2. The first kappa shape index (κ1) is 15.2. The smallest absolute Gasteiger partial charge is 0.119 e. The van der Waals surface area contributed by atoms with Crippen molar-refractivity contribution in [1.82, 2.24) is 4.90 Å². The van der Waals surface area contributed by atoms with Crippen molar-refractivity contribution in [3.8, 4) is 5.75 Å². The topological polar surface area (TPSA) is 12.5 Å². The van der Waals surface area contributed by atoms with Gasteiger partial charge in [0.25, 0.3) is 0 Å². The molecule has 1 aliphatic heterocycles. The van der Waals surface area contributed by atoms with Gasteiger partial charge in [0.1, 0.15) is 5.75 Å². The Morgan fingerprint density at radius 3 is 2.59 bits per heavy atom. The molecule has 0 amide bonds. The van der Waals surface area contributed by atoms with E-state index in [9.17, 15) is 0 Å². The average Bonchev–Trinajstić information content (AvgIpc) is 2.53. The third kappa shape index (κ3) is 3.06. The molecule has 0 radical (unpaired) electrons. The zero-order chi connectivity index (χ0) is 15.5. The Bertz CT molecular complexity index is 706. The van der Waals surface area contributed by atoms with Gasteiger partial charge in [-0.2, -0.15) is 0 Å². The average molecular weight is 311 g/mol. The summed E-state index contributed by atoms with van der Waals surface area (Å²) >= 11 is 1.84. The van der Waals surface area contributed by atoms with E-state index in [4.69, 9.17) is 4.74 Å². The predicted molar refractivity (Wildman–Crippen MR) is 93.8 cm³/mol. The number of hydrogen-bond donors (Lipinski definition) is 0. The second-order valence-corrected chi connectivity index (χ2v) is 6.75. The molecule has 0 saturated heterocycles. The van der Waals surface area contributed by atoms with Gasteiger partial charge in [-0.1, -0.05) is 36.0 Å². The van der Waals surface area contributed by atoms with E-state index in [2.05, 4.69) is 61.5 Å². The SMILES string of the molecule is COc1ccc2c(c1)/C(=C/CCN(C)C)c1ccccc1S2. The molecule has 2 nitrogen and oxygen atoms in total. The van der Waals surface area contributed by atoms with Crippen LogP contribution in [0.15, 0.2) is 58.3 Å². The van der Waals surface area contributed by atoms with Crippen molar-refractivity contribution in [1.29, 1.82) is 0 Å². The third-order valence-electron chi connectivity index (χ3n) is 3.80. The molecular formula is C19H21NOS. The summed E-state index contributed by atoms with van der Waals surface area (Å²) in [4.78, 5) is 4.85. The van der Waals surface area contributed by atoms with Crippen molar-refractivity contribution in [2.75, 3.05) is 27.7 Å². The lowest BCUT2D eigenvalue weighted by molar-refractivity contribution is 0.414. The third-order valence-corrected chi connectivity index (χ3v) is 4.95. The quantitative estimate of drug-likeness (QED) is 0.702. The molecule has 114 valence electrons. The Morgan fingerprint density at radius 1 is 1.05 bits per heavy atom. The highest BCUT2D eigenvalue weighted by molar-refractivity contribution is 7.99. The fraction of sp³-hybridized carbons (Fsp3) is 0.263. The molecule has 2 aromatic rings. The maximum absolute atomic E-state index is 5.41. The second-order valence-electron chi connectivity index (χ2n) is 5.67. The first-order valence-corrected chi connectivity index (χ1v) is 8.31. The molecule has 0 unspecified atom stereocenters. The summed E-state index contributed by atoms with van der Waals surface area (Å²) in [5, 5.41) is 0. The molecule has 22 heavy (non-hydrogen) atoms. The van der Waals surface area contributed by atoms with Crippen LogP contribution in [0, 0.1) is 0 Å². The second kappa shape index (κ2) is 6.59. The number of rotatable bonds is 4. The number of methoxy groups -OCH3 is 1. The van der Waals surface area contributed by atoms with Gasteiger partial charge in [-0.3, -0.25) is 0 Å². The number of fused-ring (bicyclic) bond motifs is 2. The van der Waals surface area contributed by atoms with Gasteiger partial charge in [0.15, 0.2) is 0 Å². The van der Waals surface area contributed by atoms with Crippen molar-refractivity contribution < 1.29 is 4.74 Å². The van der Waals surface area contributed by atoms with Gasteiger partial charge < -0.3 is 9.64 Å². The molecule has 3 rings (SSSR count). The van der Waals surface area contributed by atoms with Gasteiger partial charge >= 0.3 is 0 Å². The Labute approximate surface area is 136 Å². The maximum Gasteiger partial charge on any atom is 0.119 e. The van der Waals surface area contributed by atoms with Gasteiger partial charge in [-0.05, 0) is 61.5 Å². The van der Waals surface area contributed by atoms with Crippen LogP contribution < -0.4 is 4.74 Å². The lowest BCUT2D eigenvalue weighted by atomic mass is 9.96. The Kier molecular flexibility index (Phi) is 4.55. The zero-order valence-corrected chi connectivity index (χ0v) is 14.1. The Balaban J connectivity index is 2.06. The van der Waals surface area contributed by atoms with E-state index in [1.807, 2.05) is 17.8 Å². The van der Waals surface area contributed by atoms with Crippen molar-refractivity contribution >= 4 is 17.3 Å². The monoisotopic (exact) mass is 311 g/mol. The van der Waals surface area contributed by atoms with Crippen LogP contribution in [0.4, 0.5) is 0 Å². The summed E-state index contributed by atoms with van der Waals surface area (Å²) in [7, 11) is 5.95. The van der Waals surface area contributed by atoms with Gasteiger partial charge in [-0.25, -0.2) is 0 Å². The fourth-order valence-electron chi connectivity index (χ4n) is 2.66. The molecule has 3 heteroatoms. The standard InChI is InChI=1S/C19H21NOS/c1-20(2)12-6-8-15-16-7-4-5-9-18(16)22-19-11-10-14(21-3)13-17(15)19/h4-5,7-11,13H,6,12H2,1-3H3/b15-8+. The van der Waals surface area contributed by atoms with E-state index in [1.54, 1.807) is 7.11 Å². The molecule has 0 fully saturated rings. The zero-order valence-electron chi connectivity index (χ0n) is 13.3. The van der Waals surface area contributed by atoms with Crippen LogP contribution in [-0.4, -0.2) is 32.6 Å². The summed E-state index contributed by atoms with van der Waals surface area (Å²) in [6, 6.07) is 15.0. The first-order valence-electron chi connectivity index (χ1n) is 7.49. The van der Waals surface area contributed by atoms with E-state index < -0.39 is 0 Å². The van der Waals surface area contributed by atoms with Crippen LogP contribution in [0.5, 0.6) is 5.75 Å². The van der Waals surface area contributed by atoms with E-state index in [0.29, 0.717) is 0 Å². The maximum atomic E-state index is 5.41. The van der Waals surface area contributed by atoms with Crippen LogP contribution in [0.3, 0.4) is 0 Å². The molecule has 0 aliphatic carbocycles. The molecule has 1 heterocycles. The summed E-state index contributed by atoms with van der Waals surface area (Å²) in [5.41, 5.74) is 3.93. The van der Waals surface area contributed by atoms with Crippen LogP contribution in [-0.2, 0) is 0 Å². The van der Waals surface area contributed by atoms with Gasteiger partial charge in [0.2, 0.25) is 0 Å². The van der Waals surface area contributed by atoms with Crippen LogP contribution >= 0.6 is 11.8 Å². The number of nitrogens with zero attached hydrogens (tertiary/aromatic N) is 1. The van der Waals surface area contributed by atoms with Crippen LogP contribution in [0.2, 0.25) is 0 Å². The Morgan fingerprint density at radius 2 is 1.82 bits per heavy atom. The summed E-state index contributed by atoms with van der Waals surface area (Å²) in [5.74, 6) is 0.914. The summed E-state index contributed by atoms with van der Waals surface area (Å²) in [6.07, 6.45) is 3.40. The predicted octanol–water partition coefficient (Wildman–Crippen LogP) is 4.54. The van der Waals surface area contributed by atoms with E-state index in [-0.39, 0.29) is 0 Å². The van der Waals surface area contributed by atoms with Crippen molar-refractivity contribution in [2.45, 2.75) is 16.2 Å². The van der Waals surface area contributed by atoms with Gasteiger partial charge in [0.05, 0.1) is 7.11 Å². The fourth-order valence-corrected chi connectivity index (χ4v) is 3.75. The van der Waals surface area contributed by atoms with Crippen LogP contribution in [0.25, 0.3) is 5.57 Å². The van der Waals surface area contributed by atoms with Crippen LogP contribution in [0.1, 0.15) is 17.5 Å². The molecular weight excluding hydrogens is 290 g/mol. The lowest BCUT2D eigenvalue weighted by Gasteiger charge is -2.23. The number of hydrogen-bond acceptors (Lipinski definition) is 3. The molecule has 0 aromatic heterocycles. The van der Waals surface area contributed by atoms with E-state index >= 15 is 0 Å². The molecule has 0 spiro atoms. The highest BCUT2D eigenvalue weighted by Crippen LogP contribution is 2.46. The molecule has 1 aliphatic rings. The summed E-state index contributed by atoms with van der Waals surface area (Å²) < 4.78 is 5.41. The van der Waals surface area contributed by atoms with Crippen molar-refractivity contribution in [2.24, 2.45) is 0 Å². The number of benzene rings is 2. The Hall–Kier alpha value is -1.71. The van der Waals surface area contributed by atoms with E-state index in [1.165, 1.54) is 26.5 Å². The van der Waals surface area contributed by atoms with E-state index in [0.717, 1.165) is 18.7 Å². The number of ether oxygens (including phenoxy) is 1. The minimum atomic E-state index is 0.914. The largest absolute Gasteiger partial charge is 0.497 e. The highest BCUT2D eigenvalue weighted by Gasteiger charge is 2.20. The molecule has 0 bridgehead atoms. The van der Waals surface area contributed by atoms with Crippen molar-refractivity contribution in [3.05, 3.63) is 59.7 Å². The minimum absolute atomic E-state index is 0.914. The normalized spacial score (nSPS) is 14.8. The van der Waals surface area contributed by atoms with Gasteiger partial charge in [-0.15, -0.1) is 0 Å². The minimum Gasteiger partial charge on any atom is -0.497 e. The van der Waals surface area contributed by atoms with Crippen molar-refractivity contribution in [3.63, 3.8) is 0 Å². The molecule has 2 aromatic carbocycles. The van der Waals surface area contributed by atoms with Gasteiger partial charge in [0, 0.05) is 16.3 Å². The first-order chi connectivity index (χ1) is 10.7. The molecule has 0 atom stereocenters. The lowest BCUT2D eigenvalue weighted by Crippen LogP contribution is -2.12. The molecule has 0 N–H and O–H groups in total. The summed E-state index contributed by atoms with van der Waals surface area (Å²) in [6.45, 7) is 1.05.